The molecule has 2 rings (SSSR count). The maximum atomic E-state index is 11.7. The van der Waals surface area contributed by atoms with Gasteiger partial charge in [-0.05, 0) is 37.5 Å². The number of carbonyl (C=O) groups excluding carboxylic acids is 1. The van der Waals surface area contributed by atoms with Crippen molar-refractivity contribution in [1.29, 1.82) is 0 Å². The Morgan fingerprint density at radius 2 is 2.22 bits per heavy atom. The van der Waals surface area contributed by atoms with Crippen molar-refractivity contribution in [3.05, 3.63) is 34.9 Å². The van der Waals surface area contributed by atoms with E-state index in [-0.39, 0.29) is 29.9 Å². The van der Waals surface area contributed by atoms with E-state index in [2.05, 4.69) is 5.32 Å². The SMILES string of the molecule is CC(N)CC(=O)NC1(c2cccc(Cl)c2)CC1.Cl. The summed E-state index contributed by atoms with van der Waals surface area (Å²) in [5.41, 5.74) is 6.50. The molecule has 0 bridgehead atoms. The Labute approximate surface area is 118 Å². The molecule has 0 heterocycles. The molecule has 0 saturated heterocycles. The van der Waals surface area contributed by atoms with Crippen molar-refractivity contribution in [2.45, 2.75) is 37.8 Å². The molecule has 0 aromatic heterocycles. The average molecular weight is 289 g/mol. The molecule has 1 aliphatic rings. The zero-order chi connectivity index (χ0) is 12.5. The first-order valence-electron chi connectivity index (χ1n) is 5.84. The van der Waals surface area contributed by atoms with Gasteiger partial charge in [0.1, 0.15) is 0 Å². The molecular weight excluding hydrogens is 271 g/mol. The molecule has 18 heavy (non-hydrogen) atoms. The van der Waals surface area contributed by atoms with E-state index < -0.39 is 0 Å². The zero-order valence-corrected chi connectivity index (χ0v) is 11.9. The van der Waals surface area contributed by atoms with Crippen LogP contribution < -0.4 is 11.1 Å². The molecule has 1 fully saturated rings. The minimum atomic E-state index is -0.198. The number of halogens is 2. The Morgan fingerprint density at radius 1 is 1.56 bits per heavy atom. The van der Waals surface area contributed by atoms with Gasteiger partial charge < -0.3 is 11.1 Å². The number of benzene rings is 1. The number of hydrogen-bond donors (Lipinski definition) is 2. The molecular formula is C13H18Cl2N2O. The van der Waals surface area contributed by atoms with E-state index in [1.807, 2.05) is 31.2 Å². The van der Waals surface area contributed by atoms with E-state index in [0.29, 0.717) is 11.4 Å². The molecule has 100 valence electrons. The van der Waals surface area contributed by atoms with Gasteiger partial charge in [0.2, 0.25) is 5.91 Å². The smallest absolute Gasteiger partial charge is 0.222 e. The lowest BCUT2D eigenvalue weighted by Gasteiger charge is -2.19. The summed E-state index contributed by atoms with van der Waals surface area (Å²) in [6, 6.07) is 7.57. The minimum absolute atomic E-state index is 0. The summed E-state index contributed by atoms with van der Waals surface area (Å²) in [6.07, 6.45) is 2.30. The summed E-state index contributed by atoms with van der Waals surface area (Å²) in [7, 11) is 0. The highest BCUT2D eigenvalue weighted by atomic mass is 35.5. The van der Waals surface area contributed by atoms with Crippen LogP contribution in [0.2, 0.25) is 5.02 Å². The largest absolute Gasteiger partial charge is 0.347 e. The van der Waals surface area contributed by atoms with Gasteiger partial charge in [0.25, 0.3) is 0 Å². The first-order valence-corrected chi connectivity index (χ1v) is 6.22. The van der Waals surface area contributed by atoms with Gasteiger partial charge in [-0.3, -0.25) is 4.79 Å². The molecule has 1 aliphatic carbocycles. The third-order valence-electron chi connectivity index (χ3n) is 3.01. The maximum absolute atomic E-state index is 11.7. The van der Waals surface area contributed by atoms with Crippen molar-refractivity contribution < 1.29 is 4.79 Å². The summed E-state index contributed by atoms with van der Waals surface area (Å²) < 4.78 is 0. The first-order chi connectivity index (χ1) is 8.02. The van der Waals surface area contributed by atoms with Crippen LogP contribution in [0.4, 0.5) is 0 Å². The standard InChI is InChI=1S/C13H17ClN2O.ClH/c1-9(15)7-12(17)16-13(5-6-13)10-3-2-4-11(14)8-10;/h2-4,8-9H,5-7,15H2,1H3,(H,16,17);1H. The van der Waals surface area contributed by atoms with Gasteiger partial charge in [0.15, 0.2) is 0 Å². The Bertz CT molecular complexity index is 431. The molecule has 0 radical (unpaired) electrons. The number of nitrogens with two attached hydrogens (primary N) is 1. The Balaban J connectivity index is 0.00000162. The summed E-state index contributed by atoms with van der Waals surface area (Å²) in [5, 5.41) is 3.77. The third kappa shape index (κ3) is 3.61. The van der Waals surface area contributed by atoms with Crippen LogP contribution in [0.1, 0.15) is 31.7 Å². The molecule has 1 aromatic carbocycles. The Hall–Kier alpha value is -0.770. The lowest BCUT2D eigenvalue weighted by molar-refractivity contribution is -0.122. The summed E-state index contributed by atoms with van der Waals surface area (Å²) >= 11 is 5.97. The lowest BCUT2D eigenvalue weighted by atomic mass is 10.0. The maximum Gasteiger partial charge on any atom is 0.222 e. The van der Waals surface area contributed by atoms with Crippen molar-refractivity contribution >= 4 is 29.9 Å². The molecule has 0 aliphatic heterocycles. The normalized spacial score (nSPS) is 17.5. The predicted octanol–water partition coefficient (Wildman–Crippen LogP) is 2.60. The van der Waals surface area contributed by atoms with E-state index in [1.54, 1.807) is 0 Å². The van der Waals surface area contributed by atoms with Crippen molar-refractivity contribution in [2.24, 2.45) is 5.73 Å². The summed E-state index contributed by atoms with van der Waals surface area (Å²) in [5.74, 6) is 0.0116. The molecule has 0 spiro atoms. The van der Waals surface area contributed by atoms with Crippen LogP contribution in [0.3, 0.4) is 0 Å². The minimum Gasteiger partial charge on any atom is -0.347 e. The topological polar surface area (TPSA) is 55.1 Å². The van der Waals surface area contributed by atoms with Crippen LogP contribution in [0.25, 0.3) is 0 Å². The Morgan fingerprint density at radius 3 is 2.72 bits per heavy atom. The van der Waals surface area contributed by atoms with Gasteiger partial charge >= 0.3 is 0 Å². The zero-order valence-electron chi connectivity index (χ0n) is 10.3. The van der Waals surface area contributed by atoms with Crippen LogP contribution in [-0.2, 0) is 10.3 Å². The predicted molar refractivity (Wildman–Crippen MR) is 76.0 cm³/mol. The van der Waals surface area contributed by atoms with Crippen LogP contribution in [0.15, 0.2) is 24.3 Å². The number of amides is 1. The molecule has 3 N–H and O–H groups in total. The molecule has 3 nitrogen and oxygen atoms in total. The van der Waals surface area contributed by atoms with Crippen LogP contribution in [0, 0.1) is 0 Å². The highest BCUT2D eigenvalue weighted by Crippen LogP contribution is 2.46. The molecule has 5 heteroatoms. The molecule has 1 saturated carbocycles. The first kappa shape index (κ1) is 15.3. The van der Waals surface area contributed by atoms with Crippen LogP contribution >= 0.6 is 24.0 Å². The summed E-state index contributed by atoms with van der Waals surface area (Å²) in [4.78, 5) is 11.7. The second kappa shape index (κ2) is 5.91. The fraction of sp³-hybridized carbons (Fsp3) is 0.462. The van der Waals surface area contributed by atoms with E-state index >= 15 is 0 Å². The molecule has 1 amide bonds. The van der Waals surface area contributed by atoms with Crippen molar-refractivity contribution in [1.82, 2.24) is 5.32 Å². The third-order valence-corrected chi connectivity index (χ3v) is 3.25. The van der Waals surface area contributed by atoms with Gasteiger partial charge in [0, 0.05) is 17.5 Å². The number of rotatable bonds is 4. The average Bonchev–Trinajstić information content (AvgIpc) is 2.97. The lowest BCUT2D eigenvalue weighted by Crippen LogP contribution is -2.37. The summed E-state index contributed by atoms with van der Waals surface area (Å²) in [6.45, 7) is 1.83. The second-order valence-corrected chi connectivity index (χ2v) is 5.26. The van der Waals surface area contributed by atoms with E-state index in [1.165, 1.54) is 0 Å². The highest BCUT2D eigenvalue weighted by Gasteiger charge is 2.45. The van der Waals surface area contributed by atoms with Gasteiger partial charge in [-0.2, -0.15) is 0 Å². The van der Waals surface area contributed by atoms with Gasteiger partial charge in [-0.15, -0.1) is 12.4 Å². The van der Waals surface area contributed by atoms with Crippen molar-refractivity contribution in [3.63, 3.8) is 0 Å². The molecule has 1 unspecified atom stereocenters. The van der Waals surface area contributed by atoms with Gasteiger partial charge in [-0.1, -0.05) is 23.7 Å². The Kier molecular flexibility index (Phi) is 5.02. The number of nitrogens with one attached hydrogen (secondary N) is 1. The fourth-order valence-corrected chi connectivity index (χ4v) is 2.20. The van der Waals surface area contributed by atoms with Crippen LogP contribution in [-0.4, -0.2) is 11.9 Å². The van der Waals surface area contributed by atoms with E-state index in [9.17, 15) is 4.79 Å². The number of hydrogen-bond acceptors (Lipinski definition) is 2. The van der Waals surface area contributed by atoms with Crippen molar-refractivity contribution in [2.75, 3.05) is 0 Å². The van der Waals surface area contributed by atoms with Gasteiger partial charge in [0.05, 0.1) is 5.54 Å². The van der Waals surface area contributed by atoms with Gasteiger partial charge in [-0.25, -0.2) is 0 Å². The molecule has 1 atom stereocenters. The monoisotopic (exact) mass is 288 g/mol. The quantitative estimate of drug-likeness (QED) is 0.895. The van der Waals surface area contributed by atoms with Crippen LogP contribution in [0.5, 0.6) is 0 Å². The van der Waals surface area contributed by atoms with Crippen molar-refractivity contribution in [3.8, 4) is 0 Å². The van der Waals surface area contributed by atoms with E-state index in [4.69, 9.17) is 17.3 Å². The number of carbonyl (C=O) groups is 1. The van der Waals surface area contributed by atoms with E-state index in [0.717, 1.165) is 18.4 Å². The molecule has 1 aromatic rings. The fourth-order valence-electron chi connectivity index (χ4n) is 2.01. The highest BCUT2D eigenvalue weighted by molar-refractivity contribution is 6.30. The second-order valence-electron chi connectivity index (χ2n) is 4.82.